The minimum absolute atomic E-state index is 0.0718. The molecule has 0 spiro atoms. The molecule has 1 saturated heterocycles. The Morgan fingerprint density at radius 3 is 2.73 bits per heavy atom. The molecule has 0 aromatic rings. The Labute approximate surface area is 71.8 Å². The van der Waals surface area contributed by atoms with Crippen molar-refractivity contribution in [2.45, 2.75) is 25.8 Å². The van der Waals surface area contributed by atoms with Gasteiger partial charge in [0.1, 0.15) is 6.04 Å². The third kappa shape index (κ3) is 1.50. The smallest absolute Gasteiger partial charge is 0.251 e. The lowest BCUT2D eigenvalue weighted by molar-refractivity contribution is -0.126. The summed E-state index contributed by atoms with van der Waals surface area (Å²) in [5, 5.41) is 3.51. The second-order valence-electron chi connectivity index (χ2n) is 2.69. The van der Waals surface area contributed by atoms with Crippen LogP contribution in [0.25, 0.3) is 0 Å². The molecule has 62 valence electrons. The highest BCUT2D eigenvalue weighted by Crippen LogP contribution is 2.08. The molecule has 1 fully saturated rings. The van der Waals surface area contributed by atoms with E-state index >= 15 is 0 Å². The van der Waals surface area contributed by atoms with Crippen molar-refractivity contribution < 1.29 is 4.79 Å². The summed E-state index contributed by atoms with van der Waals surface area (Å²) in [4.78, 5) is 12.8. The minimum atomic E-state index is -0.0718. The average molecular weight is 172 g/mol. The van der Waals surface area contributed by atoms with Crippen molar-refractivity contribution in [1.29, 1.82) is 0 Å². The monoisotopic (exact) mass is 172 g/mol. The number of amides is 1. The van der Waals surface area contributed by atoms with E-state index in [-0.39, 0.29) is 11.9 Å². The molecule has 1 aliphatic rings. The lowest BCUT2D eigenvalue weighted by Crippen LogP contribution is -2.28. The number of nitrogens with zero attached hydrogens (tertiary/aromatic N) is 1. The highest BCUT2D eigenvalue weighted by molar-refractivity contribution is 7.80. The molecule has 1 amide bonds. The van der Waals surface area contributed by atoms with E-state index in [1.165, 1.54) is 4.90 Å². The normalized spacial score (nSPS) is 24.2. The largest absolute Gasteiger partial charge is 0.350 e. The number of carbonyl (C=O) groups is 1. The van der Waals surface area contributed by atoms with Crippen LogP contribution in [0.5, 0.6) is 0 Å². The first-order valence-electron chi connectivity index (χ1n) is 3.75. The lowest BCUT2D eigenvalue weighted by atomic mass is 10.2. The molecule has 0 aliphatic carbocycles. The molecule has 0 bridgehead atoms. The first kappa shape index (κ1) is 8.46. The molecular formula is C7H12N2OS. The molecule has 1 rings (SSSR count). The number of hydrogen-bond acceptors (Lipinski definition) is 2. The second kappa shape index (κ2) is 3.17. The first-order chi connectivity index (χ1) is 5.16. The van der Waals surface area contributed by atoms with E-state index in [0.717, 1.165) is 12.8 Å². The summed E-state index contributed by atoms with van der Waals surface area (Å²) in [6.45, 7) is 2.05. The number of nitrogens with one attached hydrogen (secondary N) is 1. The molecule has 1 unspecified atom stereocenters. The summed E-state index contributed by atoms with van der Waals surface area (Å²) in [7, 11) is 1.70. The van der Waals surface area contributed by atoms with Gasteiger partial charge in [0.15, 0.2) is 5.11 Å². The van der Waals surface area contributed by atoms with E-state index in [1.54, 1.807) is 7.05 Å². The van der Waals surface area contributed by atoms with E-state index in [9.17, 15) is 4.79 Å². The van der Waals surface area contributed by atoms with Gasteiger partial charge in [-0.3, -0.25) is 9.69 Å². The fraction of sp³-hybridized carbons (Fsp3) is 0.714. The molecule has 1 heterocycles. The van der Waals surface area contributed by atoms with Crippen LogP contribution in [0.2, 0.25) is 0 Å². The molecule has 11 heavy (non-hydrogen) atoms. The molecule has 1 atom stereocenters. The summed E-state index contributed by atoms with van der Waals surface area (Å²) in [5.41, 5.74) is 0. The predicted molar refractivity (Wildman–Crippen MR) is 47.2 cm³/mol. The van der Waals surface area contributed by atoms with Crippen LogP contribution >= 0.6 is 12.2 Å². The van der Waals surface area contributed by atoms with Crippen LogP contribution in [0.4, 0.5) is 0 Å². The van der Waals surface area contributed by atoms with Gasteiger partial charge < -0.3 is 5.32 Å². The van der Waals surface area contributed by atoms with Crippen LogP contribution < -0.4 is 5.32 Å². The molecule has 0 saturated carbocycles. The summed E-state index contributed by atoms with van der Waals surface area (Å²) in [6, 6.07) is -0.0718. The Bertz CT molecular complexity index is 193. The predicted octanol–water partition coefficient (Wildman–Crippen LogP) is 0.502. The maximum atomic E-state index is 11.3. The summed E-state index contributed by atoms with van der Waals surface area (Å²) in [5.74, 6) is 0.0943. The maximum absolute atomic E-state index is 11.3. The topological polar surface area (TPSA) is 32.3 Å². The fourth-order valence-electron chi connectivity index (χ4n) is 1.13. The Kier molecular flexibility index (Phi) is 2.44. The Morgan fingerprint density at radius 2 is 2.36 bits per heavy atom. The number of rotatable bonds is 2. The Hall–Kier alpha value is -0.640. The van der Waals surface area contributed by atoms with Crippen molar-refractivity contribution in [3.05, 3.63) is 0 Å². The van der Waals surface area contributed by atoms with Crippen molar-refractivity contribution in [2.75, 3.05) is 7.05 Å². The van der Waals surface area contributed by atoms with Gasteiger partial charge in [-0.2, -0.15) is 0 Å². The molecule has 1 aliphatic heterocycles. The highest BCUT2D eigenvalue weighted by atomic mass is 32.1. The average Bonchev–Trinajstić information content (AvgIpc) is 2.19. The van der Waals surface area contributed by atoms with E-state index in [0.29, 0.717) is 5.11 Å². The SMILES string of the molecule is CCCC1NC(=S)N(C)C1=O. The number of likely N-dealkylation sites (N-methyl/N-ethyl adjacent to an activating group) is 1. The maximum Gasteiger partial charge on any atom is 0.251 e. The minimum Gasteiger partial charge on any atom is -0.350 e. The van der Waals surface area contributed by atoms with Crippen molar-refractivity contribution >= 4 is 23.2 Å². The van der Waals surface area contributed by atoms with E-state index in [1.807, 2.05) is 0 Å². The summed E-state index contributed by atoms with van der Waals surface area (Å²) in [6.07, 6.45) is 1.86. The quantitative estimate of drug-likeness (QED) is 0.616. The van der Waals surface area contributed by atoms with Crippen molar-refractivity contribution in [2.24, 2.45) is 0 Å². The van der Waals surface area contributed by atoms with Gasteiger partial charge in [-0.15, -0.1) is 0 Å². The van der Waals surface area contributed by atoms with Crippen LogP contribution in [0.15, 0.2) is 0 Å². The zero-order chi connectivity index (χ0) is 8.43. The van der Waals surface area contributed by atoms with Crippen LogP contribution in [0.1, 0.15) is 19.8 Å². The van der Waals surface area contributed by atoms with Crippen LogP contribution in [-0.4, -0.2) is 29.0 Å². The van der Waals surface area contributed by atoms with Gasteiger partial charge in [0.2, 0.25) is 0 Å². The number of thiocarbonyl (C=S) groups is 1. The van der Waals surface area contributed by atoms with Gasteiger partial charge in [0.25, 0.3) is 5.91 Å². The number of hydrogen-bond donors (Lipinski definition) is 1. The van der Waals surface area contributed by atoms with Gasteiger partial charge in [0.05, 0.1) is 0 Å². The van der Waals surface area contributed by atoms with E-state index < -0.39 is 0 Å². The molecule has 4 heteroatoms. The van der Waals surface area contributed by atoms with E-state index in [4.69, 9.17) is 12.2 Å². The van der Waals surface area contributed by atoms with Crippen LogP contribution in [-0.2, 0) is 4.79 Å². The lowest BCUT2D eigenvalue weighted by Gasteiger charge is -2.05. The van der Waals surface area contributed by atoms with Crippen molar-refractivity contribution in [3.8, 4) is 0 Å². The van der Waals surface area contributed by atoms with Gasteiger partial charge in [-0.05, 0) is 18.6 Å². The zero-order valence-corrected chi connectivity index (χ0v) is 7.57. The van der Waals surface area contributed by atoms with Crippen molar-refractivity contribution in [3.63, 3.8) is 0 Å². The third-order valence-electron chi connectivity index (χ3n) is 1.81. The molecule has 3 nitrogen and oxygen atoms in total. The van der Waals surface area contributed by atoms with Gasteiger partial charge in [-0.1, -0.05) is 13.3 Å². The summed E-state index contributed by atoms with van der Waals surface area (Å²) >= 11 is 4.90. The first-order valence-corrected chi connectivity index (χ1v) is 4.15. The highest BCUT2D eigenvalue weighted by Gasteiger charge is 2.31. The Morgan fingerprint density at radius 1 is 1.73 bits per heavy atom. The van der Waals surface area contributed by atoms with Gasteiger partial charge >= 0.3 is 0 Å². The molecule has 0 aromatic heterocycles. The van der Waals surface area contributed by atoms with Crippen LogP contribution in [0.3, 0.4) is 0 Å². The van der Waals surface area contributed by atoms with Crippen molar-refractivity contribution in [1.82, 2.24) is 10.2 Å². The Balaban J connectivity index is 2.60. The molecule has 1 N–H and O–H groups in total. The number of carbonyl (C=O) groups excluding carboxylic acids is 1. The third-order valence-corrected chi connectivity index (χ3v) is 2.20. The van der Waals surface area contributed by atoms with E-state index in [2.05, 4.69) is 12.2 Å². The molecular weight excluding hydrogens is 160 g/mol. The standard InChI is InChI=1S/C7H12N2OS/c1-3-4-5-6(10)9(2)7(11)8-5/h5H,3-4H2,1-2H3,(H,8,11). The fourth-order valence-corrected chi connectivity index (χ4v) is 1.36. The van der Waals surface area contributed by atoms with Gasteiger partial charge in [0, 0.05) is 7.05 Å². The second-order valence-corrected chi connectivity index (χ2v) is 3.07. The van der Waals surface area contributed by atoms with Gasteiger partial charge in [-0.25, -0.2) is 0 Å². The summed E-state index contributed by atoms with van der Waals surface area (Å²) < 4.78 is 0. The van der Waals surface area contributed by atoms with Crippen LogP contribution in [0, 0.1) is 0 Å². The molecule has 0 aromatic carbocycles. The molecule has 0 radical (unpaired) electrons. The zero-order valence-electron chi connectivity index (χ0n) is 6.76.